The van der Waals surface area contributed by atoms with Crippen molar-refractivity contribution in [1.29, 1.82) is 0 Å². The van der Waals surface area contributed by atoms with Gasteiger partial charge in [-0.3, -0.25) is 5.01 Å². The molecule has 1 aromatic rings. The molecule has 1 fully saturated rings. The van der Waals surface area contributed by atoms with E-state index in [1.165, 1.54) is 16.3 Å². The maximum atomic E-state index is 10.9. The van der Waals surface area contributed by atoms with E-state index in [4.69, 9.17) is 5.11 Å². The topological polar surface area (TPSA) is 82.9 Å². The summed E-state index contributed by atoms with van der Waals surface area (Å²) in [5.41, 5.74) is 0.550. The predicted molar refractivity (Wildman–Crippen MR) is 63.2 cm³/mol. The number of aromatic carboxylic acids is 1. The summed E-state index contributed by atoms with van der Waals surface area (Å²) in [6, 6.07) is 0. The van der Waals surface area contributed by atoms with Crippen LogP contribution < -0.4 is 0 Å². The van der Waals surface area contributed by atoms with Gasteiger partial charge in [-0.2, -0.15) is 0 Å². The zero-order chi connectivity index (χ0) is 12.4. The second kappa shape index (κ2) is 4.79. The Morgan fingerprint density at radius 3 is 3.00 bits per heavy atom. The molecular formula is C10H13N3O3S. The van der Waals surface area contributed by atoms with Crippen molar-refractivity contribution in [2.75, 3.05) is 13.1 Å². The molecule has 0 amide bonds. The van der Waals surface area contributed by atoms with Crippen LogP contribution in [-0.4, -0.2) is 34.2 Å². The first-order valence-corrected chi connectivity index (χ1v) is 6.22. The van der Waals surface area contributed by atoms with Gasteiger partial charge in [-0.25, -0.2) is 9.78 Å². The molecule has 1 unspecified atom stereocenters. The SMILES string of the molecule is Cc1nc(C2CCCN(N=O)C2)sc1C(=O)O. The van der Waals surface area contributed by atoms with Crippen LogP contribution in [-0.2, 0) is 0 Å². The number of hydrogen-bond acceptors (Lipinski definition) is 5. The fourth-order valence-electron chi connectivity index (χ4n) is 2.02. The molecule has 0 radical (unpaired) electrons. The first-order valence-electron chi connectivity index (χ1n) is 5.40. The molecule has 0 aromatic carbocycles. The molecule has 1 saturated heterocycles. The standard InChI is InChI=1S/C10H13N3O3S/c1-6-8(10(14)15)17-9(11-6)7-3-2-4-13(5-7)12-16/h7H,2-5H2,1H3,(H,14,15). The van der Waals surface area contributed by atoms with E-state index in [1.807, 2.05) is 0 Å². The number of thiazole rings is 1. The van der Waals surface area contributed by atoms with Gasteiger partial charge in [-0.1, -0.05) is 0 Å². The minimum Gasteiger partial charge on any atom is -0.477 e. The lowest BCUT2D eigenvalue weighted by Crippen LogP contribution is -2.29. The van der Waals surface area contributed by atoms with Gasteiger partial charge in [0, 0.05) is 19.0 Å². The molecule has 1 aliphatic rings. The van der Waals surface area contributed by atoms with E-state index < -0.39 is 5.97 Å². The average Bonchev–Trinajstić information content (AvgIpc) is 2.71. The summed E-state index contributed by atoms with van der Waals surface area (Å²) in [6.07, 6.45) is 1.81. The molecule has 0 bridgehead atoms. The Balaban J connectivity index is 2.19. The van der Waals surface area contributed by atoms with Gasteiger partial charge in [0.15, 0.2) is 0 Å². The fraction of sp³-hybridized carbons (Fsp3) is 0.600. The van der Waals surface area contributed by atoms with Gasteiger partial charge in [0.05, 0.1) is 16.0 Å². The maximum absolute atomic E-state index is 10.9. The summed E-state index contributed by atoms with van der Waals surface area (Å²) in [7, 11) is 0. The molecule has 1 N–H and O–H groups in total. The lowest BCUT2D eigenvalue weighted by molar-refractivity contribution is 0.0701. The Morgan fingerprint density at radius 2 is 2.41 bits per heavy atom. The van der Waals surface area contributed by atoms with Crippen molar-refractivity contribution < 1.29 is 9.90 Å². The number of carboxylic acids is 1. The van der Waals surface area contributed by atoms with Gasteiger partial charge in [0.25, 0.3) is 0 Å². The smallest absolute Gasteiger partial charge is 0.347 e. The highest BCUT2D eigenvalue weighted by Crippen LogP contribution is 2.31. The summed E-state index contributed by atoms with van der Waals surface area (Å²) in [5, 5.41) is 14.2. The zero-order valence-electron chi connectivity index (χ0n) is 9.42. The molecule has 0 spiro atoms. The predicted octanol–water partition coefficient (Wildman–Crippen LogP) is 2.01. The molecule has 17 heavy (non-hydrogen) atoms. The summed E-state index contributed by atoms with van der Waals surface area (Å²) in [4.78, 5) is 26.0. The Labute approximate surface area is 102 Å². The van der Waals surface area contributed by atoms with Crippen LogP contribution in [0.4, 0.5) is 0 Å². The molecule has 1 aromatic heterocycles. The van der Waals surface area contributed by atoms with Crippen molar-refractivity contribution in [2.45, 2.75) is 25.7 Å². The third kappa shape index (κ3) is 2.44. The average molecular weight is 255 g/mol. The summed E-state index contributed by atoms with van der Waals surface area (Å²) in [6.45, 7) is 2.91. The largest absolute Gasteiger partial charge is 0.477 e. The summed E-state index contributed by atoms with van der Waals surface area (Å²) >= 11 is 1.21. The molecule has 0 saturated carbocycles. The molecule has 2 rings (SSSR count). The second-order valence-corrected chi connectivity index (χ2v) is 5.14. The molecule has 2 heterocycles. The van der Waals surface area contributed by atoms with Crippen LogP contribution >= 0.6 is 11.3 Å². The van der Waals surface area contributed by atoms with Gasteiger partial charge in [-0.05, 0) is 19.8 Å². The van der Waals surface area contributed by atoms with Crippen LogP contribution in [0.5, 0.6) is 0 Å². The van der Waals surface area contributed by atoms with Gasteiger partial charge < -0.3 is 5.11 Å². The molecule has 1 aliphatic heterocycles. The van der Waals surface area contributed by atoms with Crippen molar-refractivity contribution in [3.8, 4) is 0 Å². The summed E-state index contributed by atoms with van der Waals surface area (Å²) in [5.74, 6) is -0.814. The quantitative estimate of drug-likeness (QED) is 0.835. The fourth-order valence-corrected chi connectivity index (χ4v) is 3.05. The third-order valence-electron chi connectivity index (χ3n) is 2.87. The lowest BCUT2D eigenvalue weighted by atomic mass is 10.00. The van der Waals surface area contributed by atoms with Crippen LogP contribution in [0.15, 0.2) is 5.29 Å². The minimum atomic E-state index is -0.938. The second-order valence-electron chi connectivity index (χ2n) is 4.11. The first-order chi connectivity index (χ1) is 8.11. The van der Waals surface area contributed by atoms with Crippen molar-refractivity contribution in [1.82, 2.24) is 9.99 Å². The van der Waals surface area contributed by atoms with E-state index in [1.54, 1.807) is 6.92 Å². The molecule has 0 aliphatic carbocycles. The normalized spacial score (nSPS) is 20.3. The van der Waals surface area contributed by atoms with Gasteiger partial charge in [-0.15, -0.1) is 16.2 Å². The van der Waals surface area contributed by atoms with E-state index in [9.17, 15) is 9.70 Å². The molecule has 1 atom stereocenters. The first kappa shape index (κ1) is 12.0. The number of nitroso groups, excluding NO2 is 1. The highest BCUT2D eigenvalue weighted by Gasteiger charge is 2.25. The summed E-state index contributed by atoms with van der Waals surface area (Å²) < 4.78 is 0. The highest BCUT2D eigenvalue weighted by molar-refractivity contribution is 7.13. The molecule has 6 nitrogen and oxygen atoms in total. The van der Waals surface area contributed by atoms with Crippen molar-refractivity contribution in [3.63, 3.8) is 0 Å². The molecule has 92 valence electrons. The van der Waals surface area contributed by atoms with Crippen LogP contribution in [0.25, 0.3) is 0 Å². The molecular weight excluding hydrogens is 242 g/mol. The van der Waals surface area contributed by atoms with Gasteiger partial charge in [0.2, 0.25) is 0 Å². The number of aryl methyl sites for hydroxylation is 1. The van der Waals surface area contributed by atoms with Gasteiger partial charge in [0.1, 0.15) is 4.88 Å². The van der Waals surface area contributed by atoms with E-state index in [0.717, 1.165) is 17.8 Å². The molecule has 7 heteroatoms. The van der Waals surface area contributed by atoms with Crippen molar-refractivity contribution >= 4 is 17.3 Å². The third-order valence-corrected chi connectivity index (χ3v) is 4.18. The van der Waals surface area contributed by atoms with Crippen LogP contribution in [0, 0.1) is 11.8 Å². The van der Waals surface area contributed by atoms with Crippen LogP contribution in [0.3, 0.4) is 0 Å². The Kier molecular flexibility index (Phi) is 3.37. The monoisotopic (exact) mass is 255 g/mol. The highest BCUT2D eigenvalue weighted by atomic mass is 32.1. The Morgan fingerprint density at radius 1 is 1.65 bits per heavy atom. The van der Waals surface area contributed by atoms with E-state index in [0.29, 0.717) is 18.8 Å². The number of carboxylic acid groups (broad SMARTS) is 1. The Hall–Kier alpha value is -1.50. The number of nitrogens with zero attached hydrogens (tertiary/aromatic N) is 3. The lowest BCUT2D eigenvalue weighted by Gasteiger charge is -2.26. The Bertz CT molecular complexity index is 446. The number of carbonyl (C=O) groups is 1. The number of piperidine rings is 1. The van der Waals surface area contributed by atoms with Crippen LogP contribution in [0.2, 0.25) is 0 Å². The van der Waals surface area contributed by atoms with Crippen molar-refractivity contribution in [2.24, 2.45) is 5.29 Å². The minimum absolute atomic E-state index is 0.123. The van der Waals surface area contributed by atoms with E-state index >= 15 is 0 Å². The van der Waals surface area contributed by atoms with Gasteiger partial charge >= 0.3 is 5.97 Å². The number of hydrogen-bond donors (Lipinski definition) is 1. The maximum Gasteiger partial charge on any atom is 0.347 e. The van der Waals surface area contributed by atoms with E-state index in [2.05, 4.69) is 10.3 Å². The number of aromatic nitrogens is 1. The van der Waals surface area contributed by atoms with Crippen molar-refractivity contribution in [3.05, 3.63) is 20.5 Å². The number of rotatable bonds is 3. The van der Waals surface area contributed by atoms with E-state index in [-0.39, 0.29) is 10.8 Å². The van der Waals surface area contributed by atoms with Crippen LogP contribution in [0.1, 0.15) is 39.1 Å². The zero-order valence-corrected chi connectivity index (χ0v) is 10.2.